The molecular weight excluding hydrogens is 391 g/mol. The number of carbonyl (C=O) groups is 1. The Kier molecular flexibility index (Phi) is 6.21. The van der Waals surface area contributed by atoms with Gasteiger partial charge in [-0.1, -0.05) is 40.5 Å². The molecule has 27 heavy (non-hydrogen) atoms. The summed E-state index contributed by atoms with van der Waals surface area (Å²) in [5.74, 6) is 1.38. The minimum atomic E-state index is -0.313. The fourth-order valence-electron chi connectivity index (χ4n) is 2.28. The number of carbonyl (C=O) groups excluding carboxylic acids is 1. The van der Waals surface area contributed by atoms with Crippen LogP contribution in [0.1, 0.15) is 5.69 Å². The van der Waals surface area contributed by atoms with Crippen LogP contribution in [0.15, 0.2) is 53.1 Å². The summed E-state index contributed by atoms with van der Waals surface area (Å²) >= 11 is 11.8. The molecule has 0 aliphatic carbocycles. The van der Waals surface area contributed by atoms with Crippen LogP contribution < -0.4 is 14.8 Å². The Labute approximate surface area is 166 Å². The first-order chi connectivity index (χ1) is 13.0. The summed E-state index contributed by atoms with van der Waals surface area (Å²) in [5, 5.41) is 7.50. The van der Waals surface area contributed by atoms with Crippen molar-refractivity contribution in [1.29, 1.82) is 0 Å². The Bertz CT molecular complexity index is 943. The molecule has 1 aromatic heterocycles. The number of benzene rings is 2. The van der Waals surface area contributed by atoms with Crippen LogP contribution in [0.3, 0.4) is 0 Å². The molecule has 0 saturated carbocycles. The SMILES string of the molecule is COc1cccc(-c2cc(CNC(=O)COc3ccc(Cl)cc3Cl)no2)c1. The van der Waals surface area contributed by atoms with E-state index in [4.69, 9.17) is 37.2 Å². The van der Waals surface area contributed by atoms with E-state index in [1.165, 1.54) is 0 Å². The van der Waals surface area contributed by atoms with Gasteiger partial charge < -0.3 is 19.3 Å². The van der Waals surface area contributed by atoms with Crippen LogP contribution >= 0.6 is 23.2 Å². The number of amides is 1. The van der Waals surface area contributed by atoms with Crippen LogP contribution in [-0.2, 0) is 11.3 Å². The van der Waals surface area contributed by atoms with Gasteiger partial charge in [-0.15, -0.1) is 0 Å². The number of hydrogen-bond acceptors (Lipinski definition) is 5. The summed E-state index contributed by atoms with van der Waals surface area (Å²) in [4.78, 5) is 11.9. The number of ether oxygens (including phenoxy) is 2. The van der Waals surface area contributed by atoms with Crippen molar-refractivity contribution in [3.05, 3.63) is 64.3 Å². The predicted molar refractivity (Wildman–Crippen MR) is 102 cm³/mol. The molecule has 140 valence electrons. The van der Waals surface area contributed by atoms with Gasteiger partial charge in [0.05, 0.1) is 18.7 Å². The van der Waals surface area contributed by atoms with Crippen LogP contribution in [0.2, 0.25) is 10.0 Å². The average Bonchev–Trinajstić information content (AvgIpc) is 3.15. The van der Waals surface area contributed by atoms with Gasteiger partial charge in [-0.05, 0) is 30.3 Å². The molecule has 0 saturated heterocycles. The monoisotopic (exact) mass is 406 g/mol. The Balaban J connectivity index is 1.52. The molecule has 0 unspecified atom stereocenters. The first-order valence-electron chi connectivity index (χ1n) is 7.99. The smallest absolute Gasteiger partial charge is 0.258 e. The third-order valence-corrected chi connectivity index (χ3v) is 4.16. The van der Waals surface area contributed by atoms with Gasteiger partial charge in [0.2, 0.25) is 0 Å². The molecule has 0 aliphatic rings. The van der Waals surface area contributed by atoms with Gasteiger partial charge >= 0.3 is 0 Å². The Hall–Kier alpha value is -2.70. The lowest BCUT2D eigenvalue weighted by Gasteiger charge is -2.08. The number of methoxy groups -OCH3 is 1. The molecule has 6 nitrogen and oxygen atoms in total. The van der Waals surface area contributed by atoms with Gasteiger partial charge in [-0.25, -0.2) is 0 Å². The van der Waals surface area contributed by atoms with Crippen LogP contribution in [0, 0.1) is 0 Å². The second kappa shape index (κ2) is 8.79. The van der Waals surface area contributed by atoms with Crippen molar-refractivity contribution in [2.24, 2.45) is 0 Å². The zero-order valence-electron chi connectivity index (χ0n) is 14.4. The molecular formula is C19H16Cl2N2O4. The van der Waals surface area contributed by atoms with Crippen molar-refractivity contribution in [2.75, 3.05) is 13.7 Å². The zero-order valence-corrected chi connectivity index (χ0v) is 15.9. The van der Waals surface area contributed by atoms with Crippen molar-refractivity contribution in [3.63, 3.8) is 0 Å². The van der Waals surface area contributed by atoms with Gasteiger partial charge in [0.1, 0.15) is 17.2 Å². The number of rotatable bonds is 7. The third-order valence-electron chi connectivity index (χ3n) is 3.63. The quantitative estimate of drug-likeness (QED) is 0.630. The average molecular weight is 407 g/mol. The van der Waals surface area contributed by atoms with E-state index in [2.05, 4.69) is 10.5 Å². The minimum Gasteiger partial charge on any atom is -0.497 e. The summed E-state index contributed by atoms with van der Waals surface area (Å²) in [7, 11) is 1.60. The van der Waals surface area contributed by atoms with Crippen molar-refractivity contribution in [3.8, 4) is 22.8 Å². The maximum Gasteiger partial charge on any atom is 0.258 e. The van der Waals surface area contributed by atoms with Gasteiger partial charge in [0.25, 0.3) is 5.91 Å². The summed E-state index contributed by atoms with van der Waals surface area (Å²) in [5.41, 5.74) is 1.42. The molecule has 2 aromatic carbocycles. The maximum atomic E-state index is 11.9. The minimum absolute atomic E-state index is 0.179. The third kappa shape index (κ3) is 5.15. The molecule has 3 rings (SSSR count). The molecule has 3 aromatic rings. The van der Waals surface area contributed by atoms with Crippen LogP contribution in [-0.4, -0.2) is 24.8 Å². The molecule has 8 heteroatoms. The standard InChI is InChI=1S/C19H16Cl2N2O4/c1-25-15-4-2-3-12(7-15)18-9-14(23-27-18)10-22-19(24)11-26-17-6-5-13(20)8-16(17)21/h2-9H,10-11H2,1H3,(H,22,24). The lowest BCUT2D eigenvalue weighted by Crippen LogP contribution is -2.28. The molecule has 0 fully saturated rings. The van der Waals surface area contributed by atoms with E-state index in [9.17, 15) is 4.79 Å². The Morgan fingerprint density at radius 1 is 1.19 bits per heavy atom. The maximum absolute atomic E-state index is 11.9. The van der Waals surface area contributed by atoms with Crippen molar-refractivity contribution in [1.82, 2.24) is 10.5 Å². The topological polar surface area (TPSA) is 73.6 Å². The molecule has 0 spiro atoms. The summed E-state index contributed by atoms with van der Waals surface area (Å²) in [6, 6.07) is 14.0. The van der Waals surface area contributed by atoms with Crippen molar-refractivity contribution < 1.29 is 18.8 Å². The summed E-state index contributed by atoms with van der Waals surface area (Å²) < 4.78 is 15.9. The molecule has 0 aliphatic heterocycles. The highest BCUT2D eigenvalue weighted by Crippen LogP contribution is 2.27. The molecule has 1 heterocycles. The molecule has 0 atom stereocenters. The lowest BCUT2D eigenvalue weighted by atomic mass is 10.1. The summed E-state index contributed by atoms with van der Waals surface area (Å²) in [6.07, 6.45) is 0. The number of hydrogen-bond donors (Lipinski definition) is 1. The molecule has 0 radical (unpaired) electrons. The number of nitrogens with zero attached hydrogens (tertiary/aromatic N) is 1. The van der Waals surface area contributed by atoms with Crippen molar-refractivity contribution in [2.45, 2.75) is 6.54 Å². The highest BCUT2D eigenvalue weighted by molar-refractivity contribution is 6.35. The second-order valence-electron chi connectivity index (χ2n) is 5.55. The van der Waals surface area contributed by atoms with Crippen LogP contribution in [0.4, 0.5) is 0 Å². The van der Waals surface area contributed by atoms with E-state index in [0.717, 1.165) is 11.3 Å². The largest absolute Gasteiger partial charge is 0.497 e. The predicted octanol–water partition coefficient (Wildman–Crippen LogP) is 4.35. The molecule has 1 N–H and O–H groups in total. The van der Waals surface area contributed by atoms with E-state index < -0.39 is 0 Å². The zero-order chi connectivity index (χ0) is 19.2. The van der Waals surface area contributed by atoms with Gasteiger partial charge in [0, 0.05) is 16.7 Å². The summed E-state index contributed by atoms with van der Waals surface area (Å²) in [6.45, 7) is 0.0337. The fraction of sp³-hybridized carbons (Fsp3) is 0.158. The Morgan fingerprint density at radius 3 is 2.81 bits per heavy atom. The molecule has 0 bridgehead atoms. The van der Waals surface area contributed by atoms with Gasteiger partial charge in [0.15, 0.2) is 12.4 Å². The number of nitrogens with one attached hydrogen (secondary N) is 1. The van der Waals surface area contributed by atoms with E-state index in [0.29, 0.717) is 27.2 Å². The highest BCUT2D eigenvalue weighted by Gasteiger charge is 2.10. The van der Waals surface area contributed by atoms with Crippen LogP contribution in [0.25, 0.3) is 11.3 Å². The first-order valence-corrected chi connectivity index (χ1v) is 8.75. The van der Waals surface area contributed by atoms with E-state index in [1.807, 2.05) is 24.3 Å². The number of aromatic nitrogens is 1. The van der Waals surface area contributed by atoms with Gasteiger partial charge in [-0.3, -0.25) is 4.79 Å². The Morgan fingerprint density at radius 2 is 2.04 bits per heavy atom. The van der Waals surface area contributed by atoms with Crippen molar-refractivity contribution >= 4 is 29.1 Å². The van der Waals surface area contributed by atoms with E-state index >= 15 is 0 Å². The highest BCUT2D eigenvalue weighted by atomic mass is 35.5. The van der Waals surface area contributed by atoms with E-state index in [-0.39, 0.29) is 19.1 Å². The molecule has 1 amide bonds. The first kappa shape index (κ1) is 19.1. The normalized spacial score (nSPS) is 10.5. The van der Waals surface area contributed by atoms with Gasteiger partial charge in [-0.2, -0.15) is 0 Å². The van der Waals surface area contributed by atoms with E-state index in [1.54, 1.807) is 31.4 Å². The lowest BCUT2D eigenvalue weighted by molar-refractivity contribution is -0.123. The van der Waals surface area contributed by atoms with Crippen LogP contribution in [0.5, 0.6) is 11.5 Å². The number of halogens is 2. The fourth-order valence-corrected chi connectivity index (χ4v) is 2.75. The second-order valence-corrected chi connectivity index (χ2v) is 6.40.